The van der Waals surface area contributed by atoms with E-state index in [1.165, 1.54) is 6.42 Å². The van der Waals surface area contributed by atoms with Gasteiger partial charge in [-0.15, -0.1) is 0 Å². The molecule has 2 N–H and O–H groups in total. The maximum Gasteiger partial charge on any atom is 0.254 e. The first-order valence-electron chi connectivity index (χ1n) is 9.67. The van der Waals surface area contributed by atoms with Gasteiger partial charge in [0.2, 0.25) is 5.95 Å². The normalized spacial score (nSPS) is 16.9. The number of carbonyl (C=O) groups excluding carboxylic acids is 1. The van der Waals surface area contributed by atoms with E-state index in [9.17, 15) is 4.79 Å². The Labute approximate surface area is 164 Å². The molecule has 0 unspecified atom stereocenters. The molecular formula is C21H24N6O. The Balaban J connectivity index is 1.46. The number of anilines is 1. The number of aromatic nitrogens is 4. The fourth-order valence-electron chi connectivity index (χ4n) is 3.74. The second-order valence-electron chi connectivity index (χ2n) is 7.11. The van der Waals surface area contributed by atoms with Crippen LogP contribution in [0.4, 0.5) is 5.95 Å². The molecule has 0 bridgehead atoms. The van der Waals surface area contributed by atoms with Crippen molar-refractivity contribution in [3.05, 3.63) is 60.7 Å². The van der Waals surface area contributed by atoms with Gasteiger partial charge < -0.3 is 10.6 Å². The fourth-order valence-corrected chi connectivity index (χ4v) is 3.74. The van der Waals surface area contributed by atoms with Gasteiger partial charge in [0.15, 0.2) is 0 Å². The zero-order chi connectivity index (χ0) is 19.3. The van der Waals surface area contributed by atoms with E-state index in [-0.39, 0.29) is 17.9 Å². The lowest BCUT2D eigenvalue weighted by molar-refractivity contribution is 0.0594. The summed E-state index contributed by atoms with van der Waals surface area (Å²) in [7, 11) is 0. The highest BCUT2D eigenvalue weighted by molar-refractivity contribution is 5.95. The van der Waals surface area contributed by atoms with E-state index in [1.807, 2.05) is 46.1 Å². The molecule has 144 valence electrons. The third kappa shape index (κ3) is 4.03. The minimum absolute atomic E-state index is 0.102. The van der Waals surface area contributed by atoms with Crippen LogP contribution in [-0.2, 0) is 6.54 Å². The molecule has 28 heavy (non-hydrogen) atoms. The van der Waals surface area contributed by atoms with Gasteiger partial charge in [-0.25, -0.2) is 9.97 Å². The summed E-state index contributed by atoms with van der Waals surface area (Å²) in [6.07, 6.45) is 11.3. The van der Waals surface area contributed by atoms with Crippen LogP contribution in [0.5, 0.6) is 0 Å². The highest BCUT2D eigenvalue weighted by Crippen LogP contribution is 2.24. The van der Waals surface area contributed by atoms with E-state index in [0.29, 0.717) is 5.56 Å². The van der Waals surface area contributed by atoms with Crippen LogP contribution < -0.4 is 5.73 Å². The van der Waals surface area contributed by atoms with Crippen molar-refractivity contribution in [1.82, 2.24) is 24.6 Å². The van der Waals surface area contributed by atoms with E-state index in [0.717, 1.165) is 43.5 Å². The maximum atomic E-state index is 13.1. The lowest BCUT2D eigenvalue weighted by Crippen LogP contribution is -2.44. The maximum absolute atomic E-state index is 13.1. The summed E-state index contributed by atoms with van der Waals surface area (Å²) in [6.45, 7) is 1.65. The third-order valence-electron chi connectivity index (χ3n) is 5.28. The van der Waals surface area contributed by atoms with Crippen molar-refractivity contribution in [1.29, 1.82) is 0 Å². The molecule has 1 aliphatic rings. The number of nitrogens with zero attached hydrogens (tertiary/aromatic N) is 5. The Kier molecular flexibility index (Phi) is 5.32. The number of carbonyl (C=O) groups is 1. The lowest BCUT2D eigenvalue weighted by Gasteiger charge is -2.36. The molecule has 2 aromatic heterocycles. The number of nitrogen functional groups attached to an aromatic ring is 1. The summed E-state index contributed by atoms with van der Waals surface area (Å²) in [5.41, 5.74) is 8.10. The fraction of sp³-hybridized carbons (Fsp3) is 0.333. The molecule has 7 heteroatoms. The monoisotopic (exact) mass is 376 g/mol. The van der Waals surface area contributed by atoms with Gasteiger partial charge in [-0.05, 0) is 49.4 Å². The highest BCUT2D eigenvalue weighted by atomic mass is 16.2. The molecule has 0 saturated carbocycles. The SMILES string of the molecule is Nc1ncc(-c2ccc(C(=O)N3CCCC[C@H]3CCn3cccn3)cc2)cn1. The first kappa shape index (κ1) is 18.2. The summed E-state index contributed by atoms with van der Waals surface area (Å²) in [6, 6.07) is 9.82. The number of piperidine rings is 1. The number of aryl methyl sites for hydroxylation is 1. The number of benzene rings is 1. The summed E-state index contributed by atoms with van der Waals surface area (Å²) >= 11 is 0. The summed E-state index contributed by atoms with van der Waals surface area (Å²) in [5, 5.41) is 4.27. The van der Waals surface area contributed by atoms with Crippen LogP contribution >= 0.6 is 0 Å². The Hall–Kier alpha value is -3.22. The average molecular weight is 376 g/mol. The van der Waals surface area contributed by atoms with Crippen molar-refractivity contribution in [2.24, 2.45) is 0 Å². The Bertz CT molecular complexity index is 905. The van der Waals surface area contributed by atoms with Crippen molar-refractivity contribution in [2.45, 2.75) is 38.3 Å². The Morgan fingerprint density at radius 2 is 1.89 bits per heavy atom. The van der Waals surface area contributed by atoms with Crippen LogP contribution in [0, 0.1) is 0 Å². The zero-order valence-electron chi connectivity index (χ0n) is 15.7. The lowest BCUT2D eigenvalue weighted by atomic mass is 9.97. The third-order valence-corrected chi connectivity index (χ3v) is 5.28. The quantitative estimate of drug-likeness (QED) is 0.739. The molecule has 1 fully saturated rings. The molecule has 0 spiro atoms. The second-order valence-corrected chi connectivity index (χ2v) is 7.11. The van der Waals surface area contributed by atoms with Gasteiger partial charge in [0.05, 0.1) is 0 Å². The van der Waals surface area contributed by atoms with Gasteiger partial charge in [-0.2, -0.15) is 5.10 Å². The minimum atomic E-state index is 0.102. The second kappa shape index (κ2) is 8.21. The molecule has 1 aromatic carbocycles. The van der Waals surface area contributed by atoms with E-state index in [4.69, 9.17) is 5.73 Å². The predicted molar refractivity (Wildman–Crippen MR) is 107 cm³/mol. The molecule has 3 heterocycles. The number of amides is 1. The highest BCUT2D eigenvalue weighted by Gasteiger charge is 2.27. The van der Waals surface area contributed by atoms with Gasteiger partial charge in [-0.3, -0.25) is 9.48 Å². The van der Waals surface area contributed by atoms with E-state index in [2.05, 4.69) is 15.1 Å². The molecule has 7 nitrogen and oxygen atoms in total. The summed E-state index contributed by atoms with van der Waals surface area (Å²) < 4.78 is 1.93. The first-order chi connectivity index (χ1) is 13.7. The van der Waals surface area contributed by atoms with Gasteiger partial charge >= 0.3 is 0 Å². The minimum Gasteiger partial charge on any atom is -0.368 e. The molecule has 1 aliphatic heterocycles. The van der Waals surface area contributed by atoms with Crippen LogP contribution in [-0.4, -0.2) is 43.1 Å². The number of likely N-dealkylation sites (tertiary alicyclic amines) is 1. The van der Waals surface area contributed by atoms with Crippen LogP contribution in [0.3, 0.4) is 0 Å². The molecule has 4 rings (SSSR count). The molecule has 0 aliphatic carbocycles. The first-order valence-corrected chi connectivity index (χ1v) is 9.67. The van der Waals surface area contributed by atoms with E-state index < -0.39 is 0 Å². The average Bonchev–Trinajstić information content (AvgIpc) is 3.26. The van der Waals surface area contributed by atoms with Crippen molar-refractivity contribution >= 4 is 11.9 Å². The smallest absolute Gasteiger partial charge is 0.254 e. The predicted octanol–water partition coefficient (Wildman–Crippen LogP) is 3.01. The van der Waals surface area contributed by atoms with Crippen LogP contribution in [0.2, 0.25) is 0 Å². The number of rotatable bonds is 5. The van der Waals surface area contributed by atoms with Crippen LogP contribution in [0.25, 0.3) is 11.1 Å². The standard InChI is InChI=1S/C21H24N6O/c22-21-23-14-18(15-24-21)16-5-7-17(8-6-16)20(28)27-12-2-1-4-19(27)9-13-26-11-3-10-25-26/h3,5-8,10-11,14-15,19H,1-2,4,9,12-13H2,(H2,22,23,24)/t19-/m0/s1. The van der Waals surface area contributed by atoms with Gasteiger partial charge in [-0.1, -0.05) is 12.1 Å². The Morgan fingerprint density at radius 1 is 1.11 bits per heavy atom. The van der Waals surface area contributed by atoms with Crippen LogP contribution in [0.1, 0.15) is 36.0 Å². The van der Waals surface area contributed by atoms with Gasteiger partial charge in [0.25, 0.3) is 5.91 Å². The van der Waals surface area contributed by atoms with Gasteiger partial charge in [0, 0.05) is 55.0 Å². The number of hydrogen-bond donors (Lipinski definition) is 1. The van der Waals surface area contributed by atoms with Crippen molar-refractivity contribution in [2.75, 3.05) is 12.3 Å². The van der Waals surface area contributed by atoms with Gasteiger partial charge in [0.1, 0.15) is 0 Å². The van der Waals surface area contributed by atoms with Crippen molar-refractivity contribution in [3.8, 4) is 11.1 Å². The molecule has 3 aromatic rings. The number of hydrogen-bond acceptors (Lipinski definition) is 5. The number of nitrogens with two attached hydrogens (primary N) is 1. The molecule has 0 radical (unpaired) electrons. The topological polar surface area (TPSA) is 89.9 Å². The van der Waals surface area contributed by atoms with Crippen molar-refractivity contribution < 1.29 is 4.79 Å². The molecule has 1 saturated heterocycles. The molecular weight excluding hydrogens is 352 g/mol. The molecule has 1 atom stereocenters. The summed E-state index contributed by atoms with van der Waals surface area (Å²) in [5.74, 6) is 0.354. The van der Waals surface area contributed by atoms with E-state index in [1.54, 1.807) is 18.6 Å². The van der Waals surface area contributed by atoms with Crippen LogP contribution in [0.15, 0.2) is 55.1 Å². The van der Waals surface area contributed by atoms with Crippen molar-refractivity contribution in [3.63, 3.8) is 0 Å². The van der Waals surface area contributed by atoms with E-state index >= 15 is 0 Å². The molecule has 1 amide bonds. The summed E-state index contributed by atoms with van der Waals surface area (Å²) in [4.78, 5) is 23.2. The zero-order valence-corrected chi connectivity index (χ0v) is 15.7. The Morgan fingerprint density at radius 3 is 2.61 bits per heavy atom. The largest absolute Gasteiger partial charge is 0.368 e.